The summed E-state index contributed by atoms with van der Waals surface area (Å²) in [5.41, 5.74) is 4.28. The molecule has 0 nitrogen and oxygen atoms in total. The second kappa shape index (κ2) is 11.3. The fourth-order valence-corrected chi connectivity index (χ4v) is 19.6. The van der Waals surface area contributed by atoms with E-state index in [1.807, 2.05) is 10.6 Å². The molecule has 0 amide bonds. The van der Waals surface area contributed by atoms with Crippen molar-refractivity contribution in [1.82, 2.24) is 0 Å². The van der Waals surface area contributed by atoms with Gasteiger partial charge in [-0.15, -0.1) is 0 Å². The van der Waals surface area contributed by atoms with Crippen molar-refractivity contribution in [3.05, 3.63) is 24.3 Å². The lowest BCUT2D eigenvalue weighted by atomic mass is 9.96. The Bertz CT molecular complexity index is 737. The van der Waals surface area contributed by atoms with E-state index in [1.54, 1.807) is 77.0 Å². The van der Waals surface area contributed by atoms with E-state index in [0.29, 0.717) is 0 Å². The first-order valence-corrected chi connectivity index (χ1v) is 19.5. The van der Waals surface area contributed by atoms with Crippen LogP contribution in [0.25, 0.3) is 0 Å². The molecule has 7 rings (SSSR count). The van der Waals surface area contributed by atoms with Gasteiger partial charge in [0.1, 0.15) is 0 Å². The van der Waals surface area contributed by atoms with Crippen LogP contribution in [0, 0.1) is 23.7 Å². The zero-order chi connectivity index (χ0) is 23.9. The van der Waals surface area contributed by atoms with Gasteiger partial charge in [0.15, 0.2) is 0 Å². The maximum Gasteiger partial charge on any atom is -0.0138 e. The third kappa shape index (κ3) is 4.70. The minimum Gasteiger partial charge on any atom is -0.0677 e. The summed E-state index contributed by atoms with van der Waals surface area (Å²) in [5, 5.41) is 4.00. The molecule has 0 unspecified atom stereocenters. The van der Waals surface area contributed by atoms with Gasteiger partial charge in [-0.05, 0) is 134 Å². The molecule has 4 aliphatic carbocycles. The second-order valence-corrected chi connectivity index (χ2v) is 19.2. The Labute approximate surface area is 225 Å². The third-order valence-corrected chi connectivity index (χ3v) is 19.8. The first-order valence-electron chi connectivity index (χ1n) is 16.5. The molecular weight excluding hydrogens is 470 g/mol. The van der Waals surface area contributed by atoms with Crippen LogP contribution >= 0.6 is 15.8 Å². The first-order chi connectivity index (χ1) is 17.9. The molecule has 4 atom stereocenters. The van der Waals surface area contributed by atoms with Gasteiger partial charge in [0.2, 0.25) is 0 Å². The summed E-state index contributed by atoms with van der Waals surface area (Å²) in [4.78, 5) is 0. The van der Waals surface area contributed by atoms with Crippen LogP contribution in [-0.2, 0) is 0 Å². The molecule has 198 valence electrons. The highest BCUT2D eigenvalue weighted by atomic mass is 31.1. The number of hydrogen-bond donors (Lipinski definition) is 0. The minimum absolute atomic E-state index is 0.0277. The maximum atomic E-state index is 2.74. The second-order valence-electron chi connectivity index (χ2n) is 13.9. The third-order valence-electron chi connectivity index (χ3n) is 12.2. The van der Waals surface area contributed by atoms with Gasteiger partial charge in [-0.2, -0.15) is 0 Å². The van der Waals surface area contributed by atoms with Crippen molar-refractivity contribution in [3.8, 4) is 0 Å². The molecule has 2 saturated heterocycles. The summed E-state index contributed by atoms with van der Waals surface area (Å²) in [7, 11) is 0.0554. The van der Waals surface area contributed by atoms with Crippen LogP contribution in [0.2, 0.25) is 0 Å². The van der Waals surface area contributed by atoms with Crippen molar-refractivity contribution in [1.29, 1.82) is 0 Å². The van der Waals surface area contributed by atoms with Gasteiger partial charge in [0.25, 0.3) is 0 Å². The molecule has 6 aliphatic rings. The van der Waals surface area contributed by atoms with E-state index in [1.165, 1.54) is 51.4 Å². The molecule has 2 heteroatoms. The number of benzene rings is 1. The van der Waals surface area contributed by atoms with Crippen molar-refractivity contribution in [2.45, 2.75) is 151 Å². The lowest BCUT2D eigenvalue weighted by Crippen LogP contribution is -2.35. The zero-order valence-electron chi connectivity index (χ0n) is 23.0. The Hall–Kier alpha value is 0.0800. The summed E-state index contributed by atoms with van der Waals surface area (Å²) in [6, 6.07) is 10.5. The van der Waals surface area contributed by atoms with E-state index < -0.39 is 0 Å². The Morgan fingerprint density at radius 1 is 0.361 bits per heavy atom. The average molecular weight is 523 g/mol. The minimum atomic E-state index is 0.0277. The van der Waals surface area contributed by atoms with Crippen LogP contribution in [0.3, 0.4) is 0 Å². The maximum absolute atomic E-state index is 2.74. The predicted molar refractivity (Wildman–Crippen MR) is 161 cm³/mol. The highest BCUT2D eigenvalue weighted by Crippen LogP contribution is 2.67. The standard InChI is InChI=1S/C34H52P2/c1-2-12-25(11-1)29-21-22-30(26-13-3-4-14-26)35(29)33-19-9-10-20-34(33)36-31(27-15-5-6-16-27)23-24-32(36)28-17-7-8-18-28/h9-10,19-20,25-32H,1-8,11-18,21-24H2/t29-,30-,31-,32-/m1/s1. The largest absolute Gasteiger partial charge is 0.0677 e. The van der Waals surface area contributed by atoms with Crippen molar-refractivity contribution in [2.24, 2.45) is 23.7 Å². The van der Waals surface area contributed by atoms with Crippen molar-refractivity contribution >= 4 is 26.5 Å². The average Bonchev–Trinajstić information content (AvgIpc) is 3.73. The molecule has 2 aliphatic heterocycles. The Morgan fingerprint density at radius 3 is 0.861 bits per heavy atom. The summed E-state index contributed by atoms with van der Waals surface area (Å²) >= 11 is 0. The quantitative estimate of drug-likeness (QED) is 0.326. The summed E-state index contributed by atoms with van der Waals surface area (Å²) in [6.45, 7) is 0. The topological polar surface area (TPSA) is 0 Å². The zero-order valence-corrected chi connectivity index (χ0v) is 24.8. The predicted octanol–water partition coefficient (Wildman–Crippen LogP) is 9.72. The summed E-state index contributed by atoms with van der Waals surface area (Å²) < 4.78 is 0. The molecule has 0 radical (unpaired) electrons. The number of rotatable bonds is 6. The highest BCUT2D eigenvalue weighted by molar-refractivity contribution is 7.73. The van der Waals surface area contributed by atoms with E-state index in [2.05, 4.69) is 24.3 Å². The van der Waals surface area contributed by atoms with Crippen LogP contribution in [0.5, 0.6) is 0 Å². The molecule has 1 aromatic carbocycles. The molecule has 0 spiro atoms. The molecule has 0 aromatic heterocycles. The molecule has 0 bridgehead atoms. The smallest absolute Gasteiger partial charge is 0.0138 e. The van der Waals surface area contributed by atoms with E-state index in [-0.39, 0.29) is 15.8 Å². The van der Waals surface area contributed by atoms with E-state index in [4.69, 9.17) is 0 Å². The summed E-state index contributed by atoms with van der Waals surface area (Å²) in [6.07, 6.45) is 31.1. The van der Waals surface area contributed by atoms with Crippen molar-refractivity contribution < 1.29 is 0 Å². The van der Waals surface area contributed by atoms with Gasteiger partial charge >= 0.3 is 0 Å². The fourth-order valence-electron chi connectivity index (χ4n) is 10.6. The van der Waals surface area contributed by atoms with E-state index in [9.17, 15) is 0 Å². The Morgan fingerprint density at radius 2 is 0.611 bits per heavy atom. The van der Waals surface area contributed by atoms with Gasteiger partial charge in [-0.3, -0.25) is 0 Å². The Kier molecular flexibility index (Phi) is 7.86. The lowest BCUT2D eigenvalue weighted by molar-refractivity contribution is 0.476. The van der Waals surface area contributed by atoms with Gasteiger partial charge in [0.05, 0.1) is 0 Å². The van der Waals surface area contributed by atoms with Gasteiger partial charge in [-0.1, -0.05) is 91.5 Å². The molecule has 0 N–H and O–H groups in total. The van der Waals surface area contributed by atoms with Crippen LogP contribution in [0.4, 0.5) is 0 Å². The van der Waals surface area contributed by atoms with Crippen molar-refractivity contribution in [3.63, 3.8) is 0 Å². The van der Waals surface area contributed by atoms with Crippen LogP contribution in [-0.4, -0.2) is 22.6 Å². The normalized spacial score (nSPS) is 36.2. The van der Waals surface area contributed by atoms with E-state index >= 15 is 0 Å². The van der Waals surface area contributed by atoms with Crippen LogP contribution in [0.1, 0.15) is 128 Å². The molecule has 6 fully saturated rings. The number of hydrogen-bond acceptors (Lipinski definition) is 0. The first kappa shape index (κ1) is 25.1. The lowest BCUT2D eigenvalue weighted by Gasteiger charge is -2.39. The fraction of sp³-hybridized carbons (Fsp3) is 0.824. The molecule has 4 saturated carbocycles. The van der Waals surface area contributed by atoms with E-state index in [0.717, 1.165) is 46.3 Å². The van der Waals surface area contributed by atoms with Crippen LogP contribution < -0.4 is 10.6 Å². The monoisotopic (exact) mass is 522 g/mol. The SMILES string of the molecule is c1ccc(P2[C@@H](C3CCCC3)CC[C@@H]2C2CCCC2)c(P2[C@@H](C3CCCC3)CC[C@@H]2C2CCCC2)c1. The highest BCUT2D eigenvalue weighted by Gasteiger charge is 2.49. The van der Waals surface area contributed by atoms with Crippen LogP contribution in [0.15, 0.2) is 24.3 Å². The van der Waals surface area contributed by atoms with Gasteiger partial charge < -0.3 is 0 Å². The molecule has 1 aromatic rings. The van der Waals surface area contributed by atoms with Gasteiger partial charge in [-0.25, -0.2) is 0 Å². The summed E-state index contributed by atoms with van der Waals surface area (Å²) in [5.74, 6) is 4.29. The molecule has 36 heavy (non-hydrogen) atoms. The van der Waals surface area contributed by atoms with Gasteiger partial charge in [0, 0.05) is 0 Å². The Balaban J connectivity index is 1.28. The molecular formula is C34H52P2. The van der Waals surface area contributed by atoms with Crippen molar-refractivity contribution in [2.75, 3.05) is 0 Å². The molecule has 2 heterocycles.